The predicted octanol–water partition coefficient (Wildman–Crippen LogP) is 2.13. The van der Waals surface area contributed by atoms with Crippen LogP contribution >= 0.6 is 0 Å². The van der Waals surface area contributed by atoms with Crippen molar-refractivity contribution in [2.75, 3.05) is 12.4 Å². The molecule has 1 amide bonds. The minimum absolute atomic E-state index is 0.0128. The van der Waals surface area contributed by atoms with Crippen LogP contribution < -0.4 is 9.50 Å². The molecule has 0 bridgehead atoms. The first kappa shape index (κ1) is 17.0. The van der Waals surface area contributed by atoms with Crippen molar-refractivity contribution in [3.8, 4) is 5.75 Å². The summed E-state index contributed by atoms with van der Waals surface area (Å²) in [5.74, 6) is -0.911. The van der Waals surface area contributed by atoms with E-state index in [1.165, 1.54) is 37.4 Å². The lowest BCUT2D eigenvalue weighted by Crippen LogP contribution is -2.20. The monoisotopic (exact) mass is 361 g/mol. The molecule has 0 spiro atoms. The molecule has 0 saturated carbocycles. The molecular formula is C17H15NO6S. The Labute approximate surface area is 144 Å². The quantitative estimate of drug-likeness (QED) is 0.662. The smallest absolute Gasteiger partial charge is 0.341 e. The van der Waals surface area contributed by atoms with E-state index in [4.69, 9.17) is 4.18 Å². The van der Waals surface area contributed by atoms with Gasteiger partial charge in [0.15, 0.2) is 5.75 Å². The van der Waals surface area contributed by atoms with Gasteiger partial charge in [-0.3, -0.25) is 4.79 Å². The van der Waals surface area contributed by atoms with E-state index >= 15 is 0 Å². The zero-order chi connectivity index (χ0) is 18.0. The molecule has 0 atom stereocenters. The van der Waals surface area contributed by atoms with Gasteiger partial charge in [-0.15, -0.1) is 0 Å². The molecule has 1 heterocycles. The molecular weight excluding hydrogens is 346 g/mol. The molecule has 0 radical (unpaired) electrons. The molecule has 0 saturated heterocycles. The highest BCUT2D eigenvalue weighted by Gasteiger charge is 2.23. The van der Waals surface area contributed by atoms with Gasteiger partial charge in [-0.05, 0) is 42.3 Å². The van der Waals surface area contributed by atoms with Gasteiger partial charge >= 0.3 is 16.1 Å². The molecule has 130 valence electrons. The SMILES string of the molecule is COC(=O)c1ccccc1OS(=O)(=O)c1ccc2c(c1)CCC(=O)N2. The van der Waals surface area contributed by atoms with E-state index in [1.54, 1.807) is 12.1 Å². The molecule has 2 aromatic rings. The molecule has 8 heteroatoms. The van der Waals surface area contributed by atoms with Crippen LogP contribution in [-0.2, 0) is 26.1 Å². The molecule has 1 N–H and O–H groups in total. The molecule has 1 aliphatic heterocycles. The van der Waals surface area contributed by atoms with Gasteiger partial charge in [-0.2, -0.15) is 8.42 Å². The Kier molecular flexibility index (Phi) is 4.45. The lowest BCUT2D eigenvalue weighted by Gasteiger charge is -2.17. The van der Waals surface area contributed by atoms with Gasteiger partial charge in [0.05, 0.1) is 7.11 Å². The minimum atomic E-state index is -4.15. The summed E-state index contributed by atoms with van der Waals surface area (Å²) < 4.78 is 34.9. The Balaban J connectivity index is 1.93. The third-order valence-electron chi connectivity index (χ3n) is 3.75. The van der Waals surface area contributed by atoms with Crippen LogP contribution in [0.3, 0.4) is 0 Å². The second kappa shape index (κ2) is 6.56. The van der Waals surface area contributed by atoms with Crippen molar-refractivity contribution in [1.82, 2.24) is 0 Å². The van der Waals surface area contributed by atoms with Gasteiger partial charge in [0.2, 0.25) is 5.91 Å². The highest BCUT2D eigenvalue weighted by Crippen LogP contribution is 2.28. The topological polar surface area (TPSA) is 98.8 Å². The number of ether oxygens (including phenoxy) is 1. The molecule has 1 aliphatic rings. The first-order valence-electron chi connectivity index (χ1n) is 7.45. The molecule has 25 heavy (non-hydrogen) atoms. The number of carbonyl (C=O) groups excluding carboxylic acids is 2. The Hall–Kier alpha value is -2.87. The average Bonchev–Trinajstić information content (AvgIpc) is 2.60. The first-order valence-corrected chi connectivity index (χ1v) is 8.86. The fraction of sp³-hybridized carbons (Fsp3) is 0.176. The van der Waals surface area contributed by atoms with E-state index in [2.05, 4.69) is 10.1 Å². The van der Waals surface area contributed by atoms with Crippen LogP contribution in [-0.4, -0.2) is 27.4 Å². The normalized spacial score (nSPS) is 13.6. The number of anilines is 1. The predicted molar refractivity (Wildman–Crippen MR) is 89.0 cm³/mol. The molecule has 0 aromatic heterocycles. The van der Waals surface area contributed by atoms with Crippen LogP contribution in [0.1, 0.15) is 22.3 Å². The van der Waals surface area contributed by atoms with E-state index in [9.17, 15) is 18.0 Å². The molecule has 0 fully saturated rings. The second-order valence-corrected chi connectivity index (χ2v) is 6.94. The van der Waals surface area contributed by atoms with Gasteiger partial charge in [0, 0.05) is 12.1 Å². The largest absolute Gasteiger partial charge is 0.465 e. The van der Waals surface area contributed by atoms with Crippen LogP contribution in [0.25, 0.3) is 0 Å². The molecule has 7 nitrogen and oxygen atoms in total. The number of benzene rings is 2. The Bertz CT molecular complexity index is 951. The van der Waals surface area contributed by atoms with Crippen molar-refractivity contribution in [2.45, 2.75) is 17.7 Å². The van der Waals surface area contributed by atoms with Gasteiger partial charge in [-0.25, -0.2) is 4.79 Å². The Morgan fingerprint density at radius 2 is 1.88 bits per heavy atom. The van der Waals surface area contributed by atoms with E-state index in [0.717, 1.165) is 0 Å². The van der Waals surface area contributed by atoms with E-state index < -0.39 is 16.1 Å². The van der Waals surface area contributed by atoms with Crippen LogP contribution in [0.5, 0.6) is 5.75 Å². The van der Waals surface area contributed by atoms with Gasteiger partial charge in [0.25, 0.3) is 0 Å². The Morgan fingerprint density at radius 1 is 1.12 bits per heavy atom. The summed E-state index contributed by atoms with van der Waals surface area (Å²) in [5.41, 5.74) is 1.31. The number of amides is 1. The molecule has 0 unspecified atom stereocenters. The molecule has 0 aliphatic carbocycles. The summed E-state index contributed by atoms with van der Waals surface area (Å²) in [5, 5.41) is 2.68. The van der Waals surface area contributed by atoms with Gasteiger partial charge < -0.3 is 14.2 Å². The highest BCUT2D eigenvalue weighted by atomic mass is 32.2. The van der Waals surface area contributed by atoms with Crippen molar-refractivity contribution < 1.29 is 26.9 Å². The minimum Gasteiger partial charge on any atom is -0.465 e. The first-order chi connectivity index (χ1) is 11.9. The standard InChI is InChI=1S/C17H15NO6S/c1-23-17(20)13-4-2-3-5-15(13)24-25(21,22)12-7-8-14-11(10-12)6-9-16(19)18-14/h2-5,7-8,10H,6,9H2,1H3,(H,18,19). The number of hydrogen-bond donors (Lipinski definition) is 1. The van der Waals surface area contributed by atoms with Crippen LogP contribution in [0.2, 0.25) is 0 Å². The fourth-order valence-electron chi connectivity index (χ4n) is 2.50. The number of methoxy groups -OCH3 is 1. The van der Waals surface area contributed by atoms with Crippen molar-refractivity contribution in [3.05, 3.63) is 53.6 Å². The van der Waals surface area contributed by atoms with Gasteiger partial charge in [-0.1, -0.05) is 12.1 Å². The number of carbonyl (C=O) groups is 2. The zero-order valence-corrected chi connectivity index (χ0v) is 14.1. The highest BCUT2D eigenvalue weighted by molar-refractivity contribution is 7.87. The van der Waals surface area contributed by atoms with E-state index in [1.807, 2.05) is 0 Å². The van der Waals surface area contributed by atoms with E-state index in [0.29, 0.717) is 24.1 Å². The van der Waals surface area contributed by atoms with Crippen molar-refractivity contribution in [3.63, 3.8) is 0 Å². The number of fused-ring (bicyclic) bond motifs is 1. The van der Waals surface area contributed by atoms with Crippen molar-refractivity contribution in [1.29, 1.82) is 0 Å². The number of para-hydroxylation sites is 1. The number of rotatable bonds is 4. The van der Waals surface area contributed by atoms with Gasteiger partial charge in [0.1, 0.15) is 10.5 Å². The molecule has 3 rings (SSSR count). The van der Waals surface area contributed by atoms with Crippen molar-refractivity contribution >= 4 is 27.7 Å². The summed E-state index contributed by atoms with van der Waals surface area (Å²) in [4.78, 5) is 23.1. The van der Waals surface area contributed by atoms with Crippen LogP contribution in [0.15, 0.2) is 47.4 Å². The molecule has 2 aromatic carbocycles. The number of esters is 1. The maximum absolute atomic E-state index is 12.6. The van der Waals surface area contributed by atoms with E-state index in [-0.39, 0.29) is 22.1 Å². The number of aryl methyl sites for hydroxylation is 1. The average molecular weight is 361 g/mol. The Morgan fingerprint density at radius 3 is 2.64 bits per heavy atom. The summed E-state index contributed by atoms with van der Waals surface area (Å²) >= 11 is 0. The summed E-state index contributed by atoms with van der Waals surface area (Å²) in [6.07, 6.45) is 0.742. The number of hydrogen-bond acceptors (Lipinski definition) is 6. The third-order valence-corrected chi connectivity index (χ3v) is 4.98. The zero-order valence-electron chi connectivity index (χ0n) is 13.3. The lowest BCUT2D eigenvalue weighted by atomic mass is 10.0. The fourth-order valence-corrected chi connectivity index (χ4v) is 3.50. The second-order valence-electron chi connectivity index (χ2n) is 5.39. The summed E-state index contributed by atoms with van der Waals surface area (Å²) in [6, 6.07) is 10.3. The lowest BCUT2D eigenvalue weighted by molar-refractivity contribution is -0.116. The van der Waals surface area contributed by atoms with Crippen molar-refractivity contribution in [2.24, 2.45) is 0 Å². The maximum atomic E-state index is 12.6. The maximum Gasteiger partial charge on any atom is 0.341 e. The summed E-state index contributed by atoms with van der Waals surface area (Å²) in [6.45, 7) is 0. The van der Waals surface area contributed by atoms with Crippen LogP contribution in [0.4, 0.5) is 5.69 Å². The number of nitrogens with one attached hydrogen (secondary N) is 1. The summed E-state index contributed by atoms with van der Waals surface area (Å²) in [7, 11) is -2.95. The third kappa shape index (κ3) is 3.48. The van der Waals surface area contributed by atoms with Crippen LogP contribution in [0, 0.1) is 0 Å².